The number of nitrogens with zero attached hydrogens (tertiary/aromatic N) is 1. The van der Waals surface area contributed by atoms with Crippen molar-refractivity contribution in [2.75, 3.05) is 18.4 Å². The van der Waals surface area contributed by atoms with Gasteiger partial charge in [0.15, 0.2) is 0 Å². The number of hydrogen-bond donors (Lipinski definition) is 2. The summed E-state index contributed by atoms with van der Waals surface area (Å²) < 4.78 is 0. The van der Waals surface area contributed by atoms with Crippen LogP contribution >= 0.6 is 0 Å². The Morgan fingerprint density at radius 1 is 1.41 bits per heavy atom. The molecular formula is C13H18N2O2. The van der Waals surface area contributed by atoms with Gasteiger partial charge in [-0.25, -0.2) is 4.79 Å². The Morgan fingerprint density at radius 3 is 2.53 bits per heavy atom. The number of aryl methyl sites for hydroxylation is 1. The average molecular weight is 234 g/mol. The highest BCUT2D eigenvalue weighted by Gasteiger charge is 2.41. The maximum atomic E-state index is 11.8. The third-order valence-electron chi connectivity index (χ3n) is 3.22. The first-order valence-corrected chi connectivity index (χ1v) is 5.87. The molecule has 0 atom stereocenters. The number of anilines is 1. The maximum absolute atomic E-state index is 11.8. The molecule has 0 spiro atoms. The number of benzene rings is 1. The molecule has 2 N–H and O–H groups in total. The van der Waals surface area contributed by atoms with E-state index in [1.165, 1.54) is 0 Å². The Bertz CT molecular complexity index is 408. The van der Waals surface area contributed by atoms with E-state index in [0.29, 0.717) is 19.5 Å². The van der Waals surface area contributed by atoms with Gasteiger partial charge in [0.2, 0.25) is 0 Å². The number of β-amino-alcohol motifs (C(OH)–C–C–N with tert-alkyl or cyclic N) is 1. The van der Waals surface area contributed by atoms with Crippen LogP contribution in [0.4, 0.5) is 10.5 Å². The molecule has 0 aliphatic carbocycles. The fourth-order valence-electron chi connectivity index (χ4n) is 1.87. The summed E-state index contributed by atoms with van der Waals surface area (Å²) in [6, 6.07) is 7.51. The molecule has 0 saturated carbocycles. The molecule has 2 rings (SSSR count). The van der Waals surface area contributed by atoms with Crippen molar-refractivity contribution < 1.29 is 9.90 Å². The number of hydrogen-bond acceptors (Lipinski definition) is 2. The summed E-state index contributed by atoms with van der Waals surface area (Å²) >= 11 is 0. The summed E-state index contributed by atoms with van der Waals surface area (Å²) in [7, 11) is 0. The first kappa shape index (κ1) is 11.9. The third-order valence-corrected chi connectivity index (χ3v) is 3.22. The van der Waals surface area contributed by atoms with Gasteiger partial charge in [-0.2, -0.15) is 0 Å². The van der Waals surface area contributed by atoms with Crippen molar-refractivity contribution in [3.05, 3.63) is 29.8 Å². The molecule has 4 nitrogen and oxygen atoms in total. The number of rotatable bonds is 2. The second-order valence-corrected chi connectivity index (χ2v) is 4.73. The predicted molar refractivity (Wildman–Crippen MR) is 67.0 cm³/mol. The van der Waals surface area contributed by atoms with Gasteiger partial charge in [-0.15, -0.1) is 0 Å². The summed E-state index contributed by atoms with van der Waals surface area (Å²) in [6.07, 6.45) is 0.682. The minimum Gasteiger partial charge on any atom is -0.386 e. The molecule has 1 saturated heterocycles. The van der Waals surface area contributed by atoms with E-state index in [1.807, 2.05) is 38.1 Å². The monoisotopic (exact) mass is 234 g/mol. The number of urea groups is 1. The molecule has 1 fully saturated rings. The Kier molecular flexibility index (Phi) is 3.07. The van der Waals surface area contributed by atoms with Crippen LogP contribution in [0, 0.1) is 6.92 Å². The topological polar surface area (TPSA) is 52.6 Å². The van der Waals surface area contributed by atoms with Gasteiger partial charge in [-0.3, -0.25) is 0 Å². The molecule has 17 heavy (non-hydrogen) atoms. The molecule has 0 aromatic heterocycles. The van der Waals surface area contributed by atoms with Crippen molar-refractivity contribution in [1.82, 2.24) is 4.90 Å². The number of carbonyl (C=O) groups excluding carboxylic acids is 1. The maximum Gasteiger partial charge on any atom is 0.322 e. The molecule has 2 amide bonds. The summed E-state index contributed by atoms with van der Waals surface area (Å²) in [5.41, 5.74) is 1.27. The summed E-state index contributed by atoms with van der Waals surface area (Å²) in [5.74, 6) is 0. The van der Waals surface area contributed by atoms with Gasteiger partial charge in [0, 0.05) is 5.69 Å². The SMILES string of the molecule is CCC1(O)CN(C(=O)Nc2ccc(C)cc2)C1. The van der Waals surface area contributed by atoms with Crippen molar-refractivity contribution in [2.45, 2.75) is 25.9 Å². The van der Waals surface area contributed by atoms with E-state index in [0.717, 1.165) is 11.3 Å². The molecule has 1 aromatic rings. The van der Waals surface area contributed by atoms with Crippen LogP contribution in [0.5, 0.6) is 0 Å². The van der Waals surface area contributed by atoms with Crippen molar-refractivity contribution >= 4 is 11.7 Å². The second-order valence-electron chi connectivity index (χ2n) is 4.73. The van der Waals surface area contributed by atoms with Crippen LogP contribution in [-0.4, -0.2) is 34.7 Å². The standard InChI is InChI=1S/C13H18N2O2/c1-3-13(17)8-15(9-13)12(16)14-11-6-4-10(2)5-7-11/h4-7,17H,3,8-9H2,1-2H3,(H,14,16). The predicted octanol–water partition coefficient (Wildman–Crippen LogP) is 1.98. The molecule has 0 bridgehead atoms. The van der Waals surface area contributed by atoms with Crippen LogP contribution in [0.25, 0.3) is 0 Å². The second kappa shape index (κ2) is 4.37. The first-order chi connectivity index (χ1) is 8.02. The first-order valence-electron chi connectivity index (χ1n) is 5.87. The average Bonchev–Trinajstić information content (AvgIpc) is 2.28. The molecule has 0 radical (unpaired) electrons. The highest BCUT2D eigenvalue weighted by atomic mass is 16.3. The molecule has 1 heterocycles. The van der Waals surface area contributed by atoms with E-state index >= 15 is 0 Å². The lowest BCUT2D eigenvalue weighted by molar-refractivity contribution is -0.0755. The van der Waals surface area contributed by atoms with Gasteiger partial charge in [0.25, 0.3) is 0 Å². The molecule has 1 aliphatic heterocycles. The zero-order valence-electron chi connectivity index (χ0n) is 10.2. The van der Waals surface area contributed by atoms with Gasteiger partial charge >= 0.3 is 6.03 Å². The van der Waals surface area contributed by atoms with Crippen molar-refractivity contribution in [3.8, 4) is 0 Å². The molecule has 1 aliphatic rings. The lowest BCUT2D eigenvalue weighted by atomic mass is 9.92. The fourth-order valence-corrected chi connectivity index (χ4v) is 1.87. The minimum absolute atomic E-state index is 0.146. The summed E-state index contributed by atoms with van der Waals surface area (Å²) in [4.78, 5) is 13.4. The molecule has 4 heteroatoms. The smallest absolute Gasteiger partial charge is 0.322 e. The van der Waals surface area contributed by atoms with Crippen molar-refractivity contribution in [2.24, 2.45) is 0 Å². The van der Waals surface area contributed by atoms with Gasteiger partial charge < -0.3 is 15.3 Å². The van der Waals surface area contributed by atoms with Crippen LogP contribution in [0.1, 0.15) is 18.9 Å². The van der Waals surface area contributed by atoms with Crippen LogP contribution in [0.3, 0.4) is 0 Å². The Labute approximate surface area is 101 Å². The Morgan fingerprint density at radius 2 is 2.00 bits per heavy atom. The summed E-state index contributed by atoms with van der Waals surface area (Å²) in [6.45, 7) is 4.76. The Balaban J connectivity index is 1.89. The quantitative estimate of drug-likeness (QED) is 0.822. The number of likely N-dealkylation sites (tertiary alicyclic amines) is 1. The summed E-state index contributed by atoms with van der Waals surface area (Å²) in [5, 5.41) is 12.6. The van der Waals surface area contributed by atoms with Crippen molar-refractivity contribution in [1.29, 1.82) is 0 Å². The van der Waals surface area contributed by atoms with Crippen LogP contribution in [0.15, 0.2) is 24.3 Å². The molecular weight excluding hydrogens is 216 g/mol. The van der Waals surface area contributed by atoms with E-state index < -0.39 is 5.60 Å². The van der Waals surface area contributed by atoms with E-state index in [-0.39, 0.29) is 6.03 Å². The van der Waals surface area contributed by atoms with Gasteiger partial charge in [-0.05, 0) is 25.5 Å². The highest BCUT2D eigenvalue weighted by molar-refractivity contribution is 5.90. The van der Waals surface area contributed by atoms with Crippen LogP contribution < -0.4 is 5.32 Å². The molecule has 92 valence electrons. The number of carbonyl (C=O) groups is 1. The largest absolute Gasteiger partial charge is 0.386 e. The fraction of sp³-hybridized carbons (Fsp3) is 0.462. The number of nitrogens with one attached hydrogen (secondary N) is 1. The molecule has 0 unspecified atom stereocenters. The van der Waals surface area contributed by atoms with Crippen LogP contribution in [0.2, 0.25) is 0 Å². The third kappa shape index (κ3) is 2.58. The number of aliphatic hydroxyl groups is 1. The zero-order chi connectivity index (χ0) is 12.5. The zero-order valence-corrected chi connectivity index (χ0v) is 10.2. The van der Waals surface area contributed by atoms with Gasteiger partial charge in [0.05, 0.1) is 18.7 Å². The lowest BCUT2D eigenvalue weighted by Crippen LogP contribution is -2.63. The van der Waals surface area contributed by atoms with E-state index in [1.54, 1.807) is 4.90 Å². The van der Waals surface area contributed by atoms with E-state index in [2.05, 4.69) is 5.32 Å². The minimum atomic E-state index is -0.676. The molecule has 1 aromatic carbocycles. The Hall–Kier alpha value is -1.55. The van der Waals surface area contributed by atoms with Gasteiger partial charge in [-0.1, -0.05) is 24.6 Å². The number of amides is 2. The lowest BCUT2D eigenvalue weighted by Gasteiger charge is -2.45. The van der Waals surface area contributed by atoms with Gasteiger partial charge in [0.1, 0.15) is 0 Å². The van der Waals surface area contributed by atoms with Crippen LogP contribution in [-0.2, 0) is 0 Å². The normalized spacial score (nSPS) is 17.5. The van der Waals surface area contributed by atoms with Crippen molar-refractivity contribution in [3.63, 3.8) is 0 Å². The van der Waals surface area contributed by atoms with E-state index in [4.69, 9.17) is 0 Å². The highest BCUT2D eigenvalue weighted by Crippen LogP contribution is 2.24. The van der Waals surface area contributed by atoms with E-state index in [9.17, 15) is 9.90 Å².